The SMILES string of the molecule is COC(=O)c1oc(-c2cccc(C)c2Cl)nc1C(C)(C)C. The number of ether oxygens (including phenoxy) is 1. The van der Waals surface area contributed by atoms with Crippen molar-refractivity contribution in [1.29, 1.82) is 0 Å². The minimum Gasteiger partial charge on any atom is -0.463 e. The Morgan fingerprint density at radius 1 is 1.33 bits per heavy atom. The van der Waals surface area contributed by atoms with Crippen molar-refractivity contribution in [1.82, 2.24) is 4.98 Å². The minimum atomic E-state index is -0.539. The number of rotatable bonds is 2. The Morgan fingerprint density at radius 2 is 2.00 bits per heavy atom. The summed E-state index contributed by atoms with van der Waals surface area (Å²) in [4.78, 5) is 16.4. The molecule has 0 fully saturated rings. The van der Waals surface area contributed by atoms with E-state index in [1.54, 1.807) is 0 Å². The normalized spacial score (nSPS) is 11.5. The molecule has 1 aromatic carbocycles. The first-order chi connectivity index (χ1) is 9.75. The van der Waals surface area contributed by atoms with Crippen LogP contribution in [0.4, 0.5) is 0 Å². The van der Waals surface area contributed by atoms with Crippen molar-refractivity contribution in [2.45, 2.75) is 33.1 Å². The molecule has 0 saturated heterocycles. The number of oxazole rings is 1. The van der Waals surface area contributed by atoms with Gasteiger partial charge in [0.25, 0.3) is 0 Å². The van der Waals surface area contributed by atoms with Gasteiger partial charge in [-0.15, -0.1) is 0 Å². The van der Waals surface area contributed by atoms with E-state index < -0.39 is 5.97 Å². The van der Waals surface area contributed by atoms with E-state index in [0.717, 1.165) is 5.56 Å². The van der Waals surface area contributed by atoms with Gasteiger partial charge >= 0.3 is 5.97 Å². The highest BCUT2D eigenvalue weighted by Gasteiger charge is 2.30. The van der Waals surface area contributed by atoms with Crippen LogP contribution in [0.5, 0.6) is 0 Å². The molecular weight excluding hydrogens is 290 g/mol. The van der Waals surface area contributed by atoms with Crippen molar-refractivity contribution in [3.8, 4) is 11.5 Å². The molecule has 0 saturated carbocycles. The van der Waals surface area contributed by atoms with Crippen LogP contribution in [0.15, 0.2) is 22.6 Å². The van der Waals surface area contributed by atoms with Crippen LogP contribution in [-0.4, -0.2) is 18.1 Å². The number of methoxy groups -OCH3 is 1. The highest BCUT2D eigenvalue weighted by Crippen LogP contribution is 2.34. The lowest BCUT2D eigenvalue weighted by molar-refractivity contribution is 0.0562. The number of aromatic nitrogens is 1. The highest BCUT2D eigenvalue weighted by molar-refractivity contribution is 6.33. The first-order valence-corrected chi connectivity index (χ1v) is 6.98. The Morgan fingerprint density at radius 3 is 2.57 bits per heavy atom. The average molecular weight is 308 g/mol. The van der Waals surface area contributed by atoms with Gasteiger partial charge in [0.2, 0.25) is 11.7 Å². The predicted octanol–water partition coefficient (Wildman–Crippen LogP) is 4.39. The minimum absolute atomic E-state index is 0.123. The molecule has 2 aromatic rings. The smallest absolute Gasteiger partial charge is 0.376 e. The van der Waals surface area contributed by atoms with Crippen LogP contribution in [0, 0.1) is 6.92 Å². The molecule has 5 heteroatoms. The van der Waals surface area contributed by atoms with Crippen LogP contribution >= 0.6 is 11.6 Å². The van der Waals surface area contributed by atoms with Crippen molar-refractivity contribution < 1.29 is 13.9 Å². The van der Waals surface area contributed by atoms with Crippen molar-refractivity contribution in [3.05, 3.63) is 40.2 Å². The monoisotopic (exact) mass is 307 g/mol. The molecule has 0 spiro atoms. The van der Waals surface area contributed by atoms with Gasteiger partial charge in [0.1, 0.15) is 5.69 Å². The van der Waals surface area contributed by atoms with Gasteiger partial charge < -0.3 is 9.15 Å². The maximum atomic E-state index is 11.9. The lowest BCUT2D eigenvalue weighted by Crippen LogP contribution is -2.17. The van der Waals surface area contributed by atoms with E-state index in [2.05, 4.69) is 4.98 Å². The number of hydrogen-bond acceptors (Lipinski definition) is 4. The molecule has 0 radical (unpaired) electrons. The fourth-order valence-electron chi connectivity index (χ4n) is 1.99. The van der Waals surface area contributed by atoms with Gasteiger partial charge in [0, 0.05) is 5.41 Å². The highest BCUT2D eigenvalue weighted by atomic mass is 35.5. The van der Waals surface area contributed by atoms with E-state index in [0.29, 0.717) is 22.2 Å². The summed E-state index contributed by atoms with van der Waals surface area (Å²) in [6, 6.07) is 5.59. The molecule has 0 amide bonds. The third kappa shape index (κ3) is 2.95. The third-order valence-electron chi connectivity index (χ3n) is 3.13. The van der Waals surface area contributed by atoms with Gasteiger partial charge in [-0.25, -0.2) is 9.78 Å². The van der Waals surface area contributed by atoms with Gasteiger partial charge in [-0.05, 0) is 18.6 Å². The number of benzene rings is 1. The van der Waals surface area contributed by atoms with Crippen LogP contribution in [0.3, 0.4) is 0 Å². The summed E-state index contributed by atoms with van der Waals surface area (Å²) < 4.78 is 10.4. The largest absolute Gasteiger partial charge is 0.463 e. The van der Waals surface area contributed by atoms with E-state index in [1.165, 1.54) is 7.11 Å². The zero-order valence-corrected chi connectivity index (χ0v) is 13.5. The van der Waals surface area contributed by atoms with E-state index in [1.807, 2.05) is 45.9 Å². The van der Waals surface area contributed by atoms with Crippen molar-refractivity contribution in [2.75, 3.05) is 7.11 Å². The zero-order valence-electron chi connectivity index (χ0n) is 12.8. The van der Waals surface area contributed by atoms with Crippen molar-refractivity contribution in [2.24, 2.45) is 0 Å². The zero-order chi connectivity index (χ0) is 15.8. The molecule has 1 heterocycles. The Bertz CT molecular complexity index is 683. The lowest BCUT2D eigenvalue weighted by Gasteiger charge is -2.15. The Kier molecular flexibility index (Phi) is 4.10. The number of carbonyl (C=O) groups excluding carboxylic acids is 1. The fourth-order valence-corrected chi connectivity index (χ4v) is 2.19. The summed E-state index contributed by atoms with van der Waals surface area (Å²) in [5, 5.41) is 0.565. The second kappa shape index (κ2) is 5.53. The summed E-state index contributed by atoms with van der Waals surface area (Å²) in [5.74, 6) is -0.0888. The number of halogens is 1. The van der Waals surface area contributed by atoms with Crippen molar-refractivity contribution in [3.63, 3.8) is 0 Å². The maximum Gasteiger partial charge on any atom is 0.376 e. The molecule has 0 N–H and O–H groups in total. The number of hydrogen-bond donors (Lipinski definition) is 0. The molecule has 1 aromatic heterocycles. The molecule has 2 rings (SSSR count). The molecule has 0 bridgehead atoms. The van der Waals surface area contributed by atoms with Gasteiger partial charge in [0.05, 0.1) is 17.7 Å². The first kappa shape index (κ1) is 15.6. The Balaban J connectivity index is 2.64. The molecule has 21 heavy (non-hydrogen) atoms. The van der Waals surface area contributed by atoms with E-state index >= 15 is 0 Å². The number of esters is 1. The first-order valence-electron chi connectivity index (χ1n) is 6.60. The lowest BCUT2D eigenvalue weighted by atomic mass is 9.91. The summed E-state index contributed by atoms with van der Waals surface area (Å²) in [6.45, 7) is 7.78. The maximum absolute atomic E-state index is 11.9. The fraction of sp³-hybridized carbons (Fsp3) is 0.375. The molecule has 0 unspecified atom stereocenters. The van der Waals surface area contributed by atoms with Crippen LogP contribution in [0.2, 0.25) is 5.02 Å². The van der Waals surface area contributed by atoms with Crippen LogP contribution < -0.4 is 0 Å². The summed E-state index contributed by atoms with van der Waals surface area (Å²) >= 11 is 6.30. The predicted molar refractivity (Wildman–Crippen MR) is 81.7 cm³/mol. The molecule has 0 aliphatic rings. The van der Waals surface area contributed by atoms with Gasteiger partial charge in [-0.1, -0.05) is 44.5 Å². The quantitative estimate of drug-likeness (QED) is 0.772. The Labute approximate surface area is 129 Å². The number of carbonyl (C=O) groups is 1. The van der Waals surface area contributed by atoms with Gasteiger partial charge in [-0.2, -0.15) is 0 Å². The van der Waals surface area contributed by atoms with Gasteiger partial charge in [-0.3, -0.25) is 0 Å². The molecule has 0 aliphatic carbocycles. The topological polar surface area (TPSA) is 52.3 Å². The van der Waals surface area contributed by atoms with E-state index in [4.69, 9.17) is 20.8 Å². The third-order valence-corrected chi connectivity index (χ3v) is 3.63. The number of aryl methyl sites for hydroxylation is 1. The van der Waals surface area contributed by atoms with Crippen LogP contribution in [0.25, 0.3) is 11.5 Å². The van der Waals surface area contributed by atoms with Crippen LogP contribution in [0.1, 0.15) is 42.6 Å². The summed E-state index contributed by atoms with van der Waals surface area (Å²) in [5.41, 5.74) is 1.80. The van der Waals surface area contributed by atoms with Crippen molar-refractivity contribution >= 4 is 17.6 Å². The summed E-state index contributed by atoms with van der Waals surface area (Å²) in [7, 11) is 1.32. The number of nitrogens with zero attached hydrogens (tertiary/aromatic N) is 1. The Hall–Kier alpha value is -1.81. The summed E-state index contributed by atoms with van der Waals surface area (Å²) in [6.07, 6.45) is 0. The van der Waals surface area contributed by atoms with Gasteiger partial charge in [0.15, 0.2) is 0 Å². The standard InChI is InChI=1S/C16H18ClNO3/c1-9-7-6-8-10(11(9)17)14-18-13(16(2,3)4)12(21-14)15(19)20-5/h6-8H,1-5H3. The molecule has 4 nitrogen and oxygen atoms in total. The molecular formula is C16H18ClNO3. The van der Waals surface area contributed by atoms with E-state index in [-0.39, 0.29) is 11.2 Å². The van der Waals surface area contributed by atoms with Crippen LogP contribution in [-0.2, 0) is 10.2 Å². The second-order valence-corrected chi connectivity index (χ2v) is 6.25. The average Bonchev–Trinajstić information content (AvgIpc) is 2.86. The molecule has 112 valence electrons. The molecule has 0 aliphatic heterocycles. The molecule has 0 atom stereocenters. The second-order valence-electron chi connectivity index (χ2n) is 5.87. The van der Waals surface area contributed by atoms with E-state index in [9.17, 15) is 4.79 Å².